The lowest BCUT2D eigenvalue weighted by atomic mass is 9.82. The zero-order chi connectivity index (χ0) is 14.5. The average molecular weight is 269 g/mol. The minimum Gasteiger partial charge on any atom is -0.398 e. The van der Waals surface area contributed by atoms with E-state index in [1.54, 1.807) is 12.1 Å². The van der Waals surface area contributed by atoms with E-state index in [1.165, 1.54) is 0 Å². The number of aromatic amines is 1. The topological polar surface area (TPSA) is 70.9 Å². The first-order valence-electron chi connectivity index (χ1n) is 6.58. The number of hydrogen-bond donors (Lipinski definition) is 1. The predicted octanol–water partition coefficient (Wildman–Crippen LogP) is 1.73. The highest BCUT2D eigenvalue weighted by Crippen LogP contribution is 2.36. The molecule has 102 valence electrons. The van der Waals surface area contributed by atoms with Crippen LogP contribution in [0.25, 0.3) is 10.9 Å². The third kappa shape index (κ3) is 1.82. The number of rotatable bonds is 1. The van der Waals surface area contributed by atoms with Crippen LogP contribution in [0.2, 0.25) is 0 Å². The number of hydrogen-bond acceptors (Lipinski definition) is 4. The molecule has 6 heteroatoms. The lowest BCUT2D eigenvalue weighted by Crippen LogP contribution is -2.41. The Hall–Kier alpha value is -1.84. The van der Waals surface area contributed by atoms with Gasteiger partial charge in [-0.05, 0) is 45.9 Å². The smallest absolute Gasteiger partial charge is 0.398 e. The number of aromatic nitrogens is 2. The summed E-state index contributed by atoms with van der Waals surface area (Å²) in [6.45, 7) is 8.02. The van der Waals surface area contributed by atoms with Gasteiger partial charge in [-0.25, -0.2) is 0 Å². The van der Waals surface area contributed by atoms with Crippen LogP contribution in [0.3, 0.4) is 0 Å². The summed E-state index contributed by atoms with van der Waals surface area (Å²) >= 11 is 0. The summed E-state index contributed by atoms with van der Waals surface area (Å²) in [5, 5.41) is 17.1. The Morgan fingerprint density at radius 1 is 1.20 bits per heavy atom. The number of benzene rings is 1. The summed E-state index contributed by atoms with van der Waals surface area (Å²) in [4.78, 5) is 0. The molecule has 2 aromatic rings. The summed E-state index contributed by atoms with van der Waals surface area (Å²) in [5.41, 5.74) is 1.35. The van der Waals surface area contributed by atoms with E-state index in [-0.39, 0.29) is 0 Å². The second kappa shape index (κ2) is 4.08. The minimum atomic E-state index is -0.501. The van der Waals surface area contributed by atoms with E-state index in [4.69, 9.17) is 14.6 Å². The molecule has 1 aromatic carbocycles. The van der Waals surface area contributed by atoms with E-state index in [1.807, 2.05) is 33.8 Å². The van der Waals surface area contributed by atoms with Crippen molar-refractivity contribution in [2.45, 2.75) is 38.9 Å². The van der Waals surface area contributed by atoms with Gasteiger partial charge >= 0.3 is 7.12 Å². The van der Waals surface area contributed by atoms with Crippen molar-refractivity contribution in [3.05, 3.63) is 23.8 Å². The lowest BCUT2D eigenvalue weighted by molar-refractivity contribution is 0.00578. The lowest BCUT2D eigenvalue weighted by Gasteiger charge is -2.32. The van der Waals surface area contributed by atoms with Crippen LogP contribution in [0.15, 0.2) is 18.2 Å². The van der Waals surface area contributed by atoms with Gasteiger partial charge < -0.3 is 9.31 Å². The van der Waals surface area contributed by atoms with Crippen molar-refractivity contribution in [1.82, 2.24) is 10.2 Å². The Bertz CT molecular complexity index is 699. The highest BCUT2D eigenvalue weighted by molar-refractivity contribution is 6.64. The Morgan fingerprint density at radius 2 is 1.85 bits per heavy atom. The second-order valence-corrected chi connectivity index (χ2v) is 6.07. The molecule has 1 aliphatic heterocycles. The number of H-pyrrole nitrogens is 1. The molecular formula is C14H16BN3O2. The van der Waals surface area contributed by atoms with Gasteiger partial charge in [-0.1, -0.05) is 0 Å². The van der Waals surface area contributed by atoms with Crippen LogP contribution in [-0.2, 0) is 9.31 Å². The molecule has 20 heavy (non-hydrogen) atoms. The third-order valence-corrected chi connectivity index (χ3v) is 4.20. The van der Waals surface area contributed by atoms with Crippen molar-refractivity contribution < 1.29 is 9.31 Å². The molecule has 0 spiro atoms. The minimum absolute atomic E-state index is 0.401. The molecule has 0 bridgehead atoms. The van der Waals surface area contributed by atoms with E-state index in [2.05, 4.69) is 16.3 Å². The van der Waals surface area contributed by atoms with E-state index < -0.39 is 18.3 Å². The fourth-order valence-corrected chi connectivity index (χ4v) is 2.24. The van der Waals surface area contributed by atoms with Crippen molar-refractivity contribution in [3.63, 3.8) is 0 Å². The first-order valence-corrected chi connectivity index (χ1v) is 6.58. The third-order valence-electron chi connectivity index (χ3n) is 4.20. The maximum absolute atomic E-state index is 9.01. The summed E-state index contributed by atoms with van der Waals surface area (Å²) < 4.78 is 12.0. The Morgan fingerprint density at radius 3 is 2.45 bits per heavy atom. The van der Waals surface area contributed by atoms with Gasteiger partial charge in [0, 0.05) is 5.39 Å². The molecule has 0 saturated carbocycles. The summed E-state index contributed by atoms with van der Waals surface area (Å²) in [5.74, 6) is 0. The van der Waals surface area contributed by atoms with Gasteiger partial charge in [0.1, 0.15) is 0 Å². The first-order chi connectivity index (χ1) is 9.34. The Labute approximate surface area is 118 Å². The number of nitrogens with one attached hydrogen (secondary N) is 1. The molecule has 1 N–H and O–H groups in total. The van der Waals surface area contributed by atoms with Gasteiger partial charge in [0.2, 0.25) is 0 Å². The van der Waals surface area contributed by atoms with Crippen molar-refractivity contribution in [3.8, 4) is 6.07 Å². The molecule has 5 nitrogen and oxygen atoms in total. The first kappa shape index (κ1) is 13.2. The molecule has 1 fully saturated rings. The fraction of sp³-hybridized carbons (Fsp3) is 0.429. The van der Waals surface area contributed by atoms with Crippen LogP contribution < -0.4 is 5.59 Å². The maximum atomic E-state index is 9.01. The van der Waals surface area contributed by atoms with Crippen molar-refractivity contribution >= 4 is 23.6 Å². The number of nitriles is 1. The quantitative estimate of drug-likeness (QED) is 0.800. The molecule has 0 aliphatic carbocycles. The normalized spacial score (nSPS) is 20.2. The largest absolute Gasteiger partial charge is 0.514 e. The monoisotopic (exact) mass is 269 g/mol. The zero-order valence-corrected chi connectivity index (χ0v) is 12.0. The van der Waals surface area contributed by atoms with Gasteiger partial charge in [0.05, 0.1) is 33.9 Å². The van der Waals surface area contributed by atoms with Crippen molar-refractivity contribution in [2.75, 3.05) is 0 Å². The molecular weight excluding hydrogens is 253 g/mol. The van der Waals surface area contributed by atoms with Crippen LogP contribution in [0.4, 0.5) is 0 Å². The van der Waals surface area contributed by atoms with Crippen LogP contribution in [0.1, 0.15) is 33.3 Å². The molecule has 2 heterocycles. The van der Waals surface area contributed by atoms with E-state index in [9.17, 15) is 0 Å². The standard InChI is InChI=1S/C14H16BN3O2/c1-13(2)14(3,4)20-15(19-13)12-10-7-9(8-16)5-6-11(10)17-18-12/h5-7H,1-4H3,(H,17,18). The van der Waals surface area contributed by atoms with E-state index >= 15 is 0 Å². The summed E-state index contributed by atoms with van der Waals surface area (Å²) in [7, 11) is -0.501. The van der Waals surface area contributed by atoms with Crippen LogP contribution in [0, 0.1) is 11.3 Å². The van der Waals surface area contributed by atoms with Crippen LogP contribution >= 0.6 is 0 Å². The number of nitrogens with zero attached hydrogens (tertiary/aromatic N) is 2. The number of fused-ring (bicyclic) bond motifs is 1. The van der Waals surface area contributed by atoms with Gasteiger partial charge in [-0.3, -0.25) is 5.10 Å². The molecule has 0 amide bonds. The second-order valence-electron chi connectivity index (χ2n) is 6.07. The van der Waals surface area contributed by atoms with Gasteiger partial charge in [-0.15, -0.1) is 0 Å². The average Bonchev–Trinajstić information content (AvgIpc) is 2.87. The van der Waals surface area contributed by atoms with Gasteiger partial charge in [0.25, 0.3) is 0 Å². The highest BCUT2D eigenvalue weighted by Gasteiger charge is 2.52. The Balaban J connectivity index is 2.06. The predicted molar refractivity (Wildman–Crippen MR) is 76.5 cm³/mol. The van der Waals surface area contributed by atoms with E-state index in [0.717, 1.165) is 16.5 Å². The highest BCUT2D eigenvalue weighted by atomic mass is 16.7. The molecule has 0 atom stereocenters. The van der Waals surface area contributed by atoms with Crippen LogP contribution in [0.5, 0.6) is 0 Å². The molecule has 1 aliphatic rings. The van der Waals surface area contributed by atoms with Gasteiger partial charge in [0.15, 0.2) is 0 Å². The summed E-state index contributed by atoms with van der Waals surface area (Å²) in [6.07, 6.45) is 0. The maximum Gasteiger partial charge on any atom is 0.514 e. The molecule has 3 rings (SSSR count). The van der Waals surface area contributed by atoms with Crippen LogP contribution in [-0.4, -0.2) is 28.5 Å². The molecule has 1 aromatic heterocycles. The zero-order valence-electron chi connectivity index (χ0n) is 12.0. The summed E-state index contributed by atoms with van der Waals surface area (Å²) in [6, 6.07) is 7.51. The molecule has 0 radical (unpaired) electrons. The van der Waals surface area contributed by atoms with E-state index in [0.29, 0.717) is 5.56 Å². The Kier molecular flexibility index (Phi) is 2.68. The van der Waals surface area contributed by atoms with Gasteiger partial charge in [-0.2, -0.15) is 10.4 Å². The van der Waals surface area contributed by atoms with Crippen molar-refractivity contribution in [2.24, 2.45) is 0 Å². The molecule has 0 unspecified atom stereocenters. The fourth-order valence-electron chi connectivity index (χ4n) is 2.24. The van der Waals surface area contributed by atoms with Crippen molar-refractivity contribution in [1.29, 1.82) is 5.26 Å². The SMILES string of the molecule is CC1(C)OB(c2[nH]nc3ccc(C#N)cc23)OC1(C)C. The molecule has 1 saturated heterocycles.